The van der Waals surface area contributed by atoms with Gasteiger partial charge in [-0.15, -0.1) is 0 Å². The predicted octanol–water partition coefficient (Wildman–Crippen LogP) is 2.41. The fraction of sp³-hybridized carbons (Fsp3) is 0.692. The molecular weight excluding hydrogens is 200 g/mol. The lowest BCUT2D eigenvalue weighted by atomic mass is 10.0. The maximum Gasteiger partial charge on any atom is 0.120 e. The topological polar surface area (TPSA) is 28.4 Å². The molecule has 3 heteroatoms. The largest absolute Gasteiger partial charge is 0.468 e. The summed E-state index contributed by atoms with van der Waals surface area (Å²) < 4.78 is 5.39. The Morgan fingerprint density at radius 1 is 1.56 bits per heavy atom. The number of piperidine rings is 1. The van der Waals surface area contributed by atoms with Crippen LogP contribution < -0.4 is 5.32 Å². The summed E-state index contributed by atoms with van der Waals surface area (Å²) in [6.07, 6.45) is 5.77. The van der Waals surface area contributed by atoms with Gasteiger partial charge in [-0.05, 0) is 45.5 Å². The van der Waals surface area contributed by atoms with Crippen molar-refractivity contribution < 1.29 is 4.42 Å². The minimum absolute atomic E-state index is 0.310. The Kier molecular flexibility index (Phi) is 4.02. The quantitative estimate of drug-likeness (QED) is 0.848. The highest BCUT2D eigenvalue weighted by molar-refractivity contribution is 5.03. The van der Waals surface area contributed by atoms with E-state index in [1.165, 1.54) is 25.8 Å². The second kappa shape index (κ2) is 5.51. The molecule has 1 unspecified atom stereocenters. The molecule has 3 nitrogen and oxygen atoms in total. The molecule has 90 valence electrons. The third kappa shape index (κ3) is 2.86. The smallest absolute Gasteiger partial charge is 0.120 e. The van der Waals surface area contributed by atoms with Gasteiger partial charge in [-0.25, -0.2) is 0 Å². The molecule has 1 N–H and O–H groups in total. The fourth-order valence-corrected chi connectivity index (χ4v) is 2.35. The van der Waals surface area contributed by atoms with Gasteiger partial charge in [-0.2, -0.15) is 0 Å². The van der Waals surface area contributed by atoms with Crippen molar-refractivity contribution >= 4 is 0 Å². The van der Waals surface area contributed by atoms with Crippen molar-refractivity contribution in [2.75, 3.05) is 20.1 Å². The van der Waals surface area contributed by atoms with E-state index >= 15 is 0 Å². The molecule has 0 amide bonds. The first-order valence-electron chi connectivity index (χ1n) is 6.24. The van der Waals surface area contributed by atoms with Crippen molar-refractivity contribution in [1.82, 2.24) is 10.2 Å². The van der Waals surface area contributed by atoms with Crippen LogP contribution in [0.1, 0.15) is 38.0 Å². The molecule has 1 saturated heterocycles. The molecule has 0 aromatic carbocycles. The van der Waals surface area contributed by atoms with Crippen LogP contribution in [0.15, 0.2) is 22.8 Å². The van der Waals surface area contributed by atoms with Crippen LogP contribution >= 0.6 is 0 Å². The molecule has 0 radical (unpaired) electrons. The van der Waals surface area contributed by atoms with Crippen molar-refractivity contribution in [3.63, 3.8) is 0 Å². The van der Waals surface area contributed by atoms with Gasteiger partial charge >= 0.3 is 0 Å². The first kappa shape index (κ1) is 11.7. The number of likely N-dealkylation sites (N-methyl/N-ethyl adjacent to an activating group) is 1. The third-order valence-electron chi connectivity index (χ3n) is 3.55. The Bertz CT molecular complexity index is 297. The summed E-state index contributed by atoms with van der Waals surface area (Å²) in [6, 6.07) is 4.97. The van der Waals surface area contributed by atoms with E-state index in [1.54, 1.807) is 6.26 Å². The monoisotopic (exact) mass is 222 g/mol. The highest BCUT2D eigenvalue weighted by Gasteiger charge is 2.19. The summed E-state index contributed by atoms with van der Waals surface area (Å²) in [5.74, 6) is 1.03. The molecule has 1 aliphatic rings. The number of furan rings is 1. The summed E-state index contributed by atoms with van der Waals surface area (Å²) in [5, 5.41) is 3.55. The van der Waals surface area contributed by atoms with Gasteiger partial charge in [0.15, 0.2) is 0 Å². The lowest BCUT2D eigenvalue weighted by Gasteiger charge is -2.33. The molecule has 0 aliphatic carbocycles. The van der Waals surface area contributed by atoms with Crippen molar-refractivity contribution in [3.8, 4) is 0 Å². The Hall–Kier alpha value is -0.800. The van der Waals surface area contributed by atoms with Crippen LogP contribution in [0.5, 0.6) is 0 Å². The van der Waals surface area contributed by atoms with E-state index in [0.29, 0.717) is 12.1 Å². The number of rotatable bonds is 4. The second-order valence-corrected chi connectivity index (χ2v) is 4.78. The van der Waals surface area contributed by atoms with Crippen LogP contribution in [-0.4, -0.2) is 31.1 Å². The van der Waals surface area contributed by atoms with Crippen LogP contribution in [0.2, 0.25) is 0 Å². The van der Waals surface area contributed by atoms with E-state index in [2.05, 4.69) is 24.2 Å². The first-order chi connectivity index (χ1) is 7.77. The molecule has 1 fully saturated rings. The number of hydrogen-bond donors (Lipinski definition) is 1. The van der Waals surface area contributed by atoms with E-state index in [4.69, 9.17) is 4.42 Å². The normalized spacial score (nSPS) is 24.5. The van der Waals surface area contributed by atoms with Crippen molar-refractivity contribution in [3.05, 3.63) is 24.2 Å². The molecule has 1 aliphatic heterocycles. The minimum atomic E-state index is 0.310. The van der Waals surface area contributed by atoms with Crippen molar-refractivity contribution in [1.29, 1.82) is 0 Å². The fourth-order valence-electron chi connectivity index (χ4n) is 2.35. The molecule has 0 saturated carbocycles. The molecule has 2 heterocycles. The van der Waals surface area contributed by atoms with Gasteiger partial charge in [0, 0.05) is 12.6 Å². The zero-order valence-electron chi connectivity index (χ0n) is 10.3. The van der Waals surface area contributed by atoms with E-state index < -0.39 is 0 Å². The van der Waals surface area contributed by atoms with Crippen molar-refractivity contribution in [2.45, 2.75) is 38.3 Å². The van der Waals surface area contributed by atoms with Gasteiger partial charge in [0.1, 0.15) is 5.76 Å². The van der Waals surface area contributed by atoms with Crippen molar-refractivity contribution in [2.24, 2.45) is 0 Å². The van der Waals surface area contributed by atoms with Gasteiger partial charge in [0.05, 0.1) is 12.3 Å². The van der Waals surface area contributed by atoms with Crippen LogP contribution in [0.3, 0.4) is 0 Å². The third-order valence-corrected chi connectivity index (χ3v) is 3.55. The highest BCUT2D eigenvalue weighted by atomic mass is 16.3. The zero-order valence-corrected chi connectivity index (χ0v) is 10.3. The van der Waals surface area contributed by atoms with Crippen LogP contribution in [0, 0.1) is 0 Å². The molecule has 0 spiro atoms. The second-order valence-electron chi connectivity index (χ2n) is 4.78. The average Bonchev–Trinajstić information content (AvgIpc) is 2.81. The molecule has 2 atom stereocenters. The average molecular weight is 222 g/mol. The zero-order chi connectivity index (χ0) is 11.4. The predicted molar refractivity (Wildman–Crippen MR) is 65.4 cm³/mol. The number of likely N-dealkylation sites (tertiary alicyclic amines) is 1. The maximum atomic E-state index is 5.39. The Balaban J connectivity index is 1.78. The maximum absolute atomic E-state index is 5.39. The molecular formula is C13H22N2O. The van der Waals surface area contributed by atoms with Gasteiger partial charge < -0.3 is 14.6 Å². The molecule has 1 aromatic heterocycles. The van der Waals surface area contributed by atoms with Gasteiger partial charge in [-0.3, -0.25) is 0 Å². The van der Waals surface area contributed by atoms with Crippen LogP contribution in [-0.2, 0) is 0 Å². The Morgan fingerprint density at radius 2 is 2.44 bits per heavy atom. The number of nitrogens with one attached hydrogen (secondary N) is 1. The van der Waals surface area contributed by atoms with E-state index in [9.17, 15) is 0 Å². The van der Waals surface area contributed by atoms with E-state index in [0.717, 1.165) is 12.3 Å². The van der Waals surface area contributed by atoms with Gasteiger partial charge in [-0.1, -0.05) is 6.42 Å². The van der Waals surface area contributed by atoms with Gasteiger partial charge in [0.25, 0.3) is 0 Å². The minimum Gasteiger partial charge on any atom is -0.468 e. The Morgan fingerprint density at radius 3 is 3.12 bits per heavy atom. The highest BCUT2D eigenvalue weighted by Crippen LogP contribution is 2.16. The summed E-state index contributed by atoms with van der Waals surface area (Å²) in [6.45, 7) is 4.45. The van der Waals surface area contributed by atoms with Gasteiger partial charge in [0.2, 0.25) is 0 Å². The summed E-state index contributed by atoms with van der Waals surface area (Å²) >= 11 is 0. The molecule has 2 rings (SSSR count). The summed E-state index contributed by atoms with van der Waals surface area (Å²) in [5.41, 5.74) is 0. The van der Waals surface area contributed by atoms with Crippen LogP contribution in [0.25, 0.3) is 0 Å². The standard InChI is InChI=1S/C13H22N2O/c1-11(13-7-5-9-16-13)14-10-12-6-3-4-8-15(12)2/h5,7,9,11-12,14H,3-4,6,8,10H2,1-2H3/t11-,12?/m1/s1. The van der Waals surface area contributed by atoms with Crippen LogP contribution in [0.4, 0.5) is 0 Å². The number of hydrogen-bond acceptors (Lipinski definition) is 3. The van der Waals surface area contributed by atoms with E-state index in [1.807, 2.05) is 12.1 Å². The lowest BCUT2D eigenvalue weighted by molar-refractivity contribution is 0.177. The summed E-state index contributed by atoms with van der Waals surface area (Å²) in [4.78, 5) is 2.46. The van der Waals surface area contributed by atoms with E-state index in [-0.39, 0.29) is 0 Å². The lowest BCUT2D eigenvalue weighted by Crippen LogP contribution is -2.43. The molecule has 0 bridgehead atoms. The SMILES string of the molecule is C[C@@H](NCC1CCCCN1C)c1ccco1. The number of nitrogens with zero attached hydrogens (tertiary/aromatic N) is 1. The molecule has 1 aromatic rings. The first-order valence-corrected chi connectivity index (χ1v) is 6.24. The summed E-state index contributed by atoms with van der Waals surface area (Å²) in [7, 11) is 2.23. The Labute approximate surface area is 97.8 Å². The molecule has 16 heavy (non-hydrogen) atoms.